The largest absolute Gasteiger partial charge is 0.463 e. The Morgan fingerprint density at radius 2 is 2.00 bits per heavy atom. The van der Waals surface area contributed by atoms with Crippen LogP contribution < -0.4 is 5.32 Å². The number of amides is 2. The van der Waals surface area contributed by atoms with Crippen molar-refractivity contribution in [1.29, 1.82) is 0 Å². The first-order valence-corrected chi connectivity index (χ1v) is 12.0. The molecule has 4 rings (SSSR count). The minimum atomic E-state index is -0.618. The molecule has 0 fully saturated rings. The Morgan fingerprint density at radius 3 is 2.68 bits per heavy atom. The molecule has 1 aliphatic heterocycles. The lowest BCUT2D eigenvalue weighted by atomic mass is 9.95. The molecule has 0 bridgehead atoms. The lowest BCUT2D eigenvalue weighted by Crippen LogP contribution is -2.49. The highest BCUT2D eigenvalue weighted by molar-refractivity contribution is 7.99. The van der Waals surface area contributed by atoms with Crippen LogP contribution in [-0.2, 0) is 16.1 Å². The third kappa shape index (κ3) is 4.98. The third-order valence-electron chi connectivity index (χ3n) is 5.38. The minimum absolute atomic E-state index is 0.226. The Morgan fingerprint density at radius 1 is 1.21 bits per heavy atom. The number of ether oxygens (including phenoxy) is 1. The number of nitrogens with zero attached hydrogens (tertiary/aromatic N) is 5. The number of aryl methyl sites for hydroxylation is 1. The van der Waals surface area contributed by atoms with Gasteiger partial charge in [-0.2, -0.15) is 5.10 Å². The van der Waals surface area contributed by atoms with Crippen LogP contribution in [0.5, 0.6) is 0 Å². The van der Waals surface area contributed by atoms with Crippen LogP contribution in [0, 0.1) is 6.92 Å². The number of hydrogen-bond acceptors (Lipinski definition) is 8. The molecule has 2 amide bonds. The predicted octanol–water partition coefficient (Wildman–Crippen LogP) is 3.32. The molecule has 3 heterocycles. The van der Waals surface area contributed by atoms with E-state index in [1.807, 2.05) is 50.2 Å². The molecule has 11 heteroatoms. The Hall–Kier alpha value is -3.60. The van der Waals surface area contributed by atoms with E-state index in [1.165, 1.54) is 11.8 Å². The maximum atomic E-state index is 13.1. The van der Waals surface area contributed by atoms with E-state index in [4.69, 9.17) is 9.15 Å². The number of carbonyl (C=O) groups excluding carboxylic acids is 2. The zero-order valence-corrected chi connectivity index (χ0v) is 20.0. The van der Waals surface area contributed by atoms with E-state index in [0.717, 1.165) is 11.3 Å². The second kappa shape index (κ2) is 10.6. The first kappa shape index (κ1) is 23.6. The van der Waals surface area contributed by atoms with E-state index >= 15 is 0 Å². The molecule has 0 aliphatic carbocycles. The fraction of sp³-hybridized carbons (Fsp3) is 0.348. The summed E-state index contributed by atoms with van der Waals surface area (Å²) >= 11 is 1.26. The Labute approximate surface area is 201 Å². The van der Waals surface area contributed by atoms with Crippen molar-refractivity contribution in [1.82, 2.24) is 30.2 Å². The van der Waals surface area contributed by atoms with Gasteiger partial charge in [-0.25, -0.2) is 9.59 Å². The van der Waals surface area contributed by atoms with Crippen LogP contribution in [0.25, 0.3) is 0 Å². The topological polar surface area (TPSA) is 115 Å². The van der Waals surface area contributed by atoms with Gasteiger partial charge in [0.05, 0.1) is 18.2 Å². The molecule has 10 nitrogen and oxygen atoms in total. The van der Waals surface area contributed by atoms with Crippen molar-refractivity contribution >= 4 is 23.8 Å². The monoisotopic (exact) mass is 482 g/mol. The van der Waals surface area contributed by atoms with Gasteiger partial charge in [0.2, 0.25) is 5.89 Å². The smallest absolute Gasteiger partial charge is 0.338 e. The molecule has 2 aromatic heterocycles. The van der Waals surface area contributed by atoms with E-state index in [2.05, 4.69) is 20.6 Å². The molecule has 34 heavy (non-hydrogen) atoms. The summed E-state index contributed by atoms with van der Waals surface area (Å²) in [4.78, 5) is 27.5. The number of nitrogens with one attached hydrogen (secondary N) is 1. The lowest BCUT2D eigenvalue weighted by Gasteiger charge is -2.36. The fourth-order valence-corrected chi connectivity index (χ4v) is 4.55. The first-order valence-electron chi connectivity index (χ1n) is 11.0. The minimum Gasteiger partial charge on any atom is -0.463 e. The highest BCUT2D eigenvalue weighted by Crippen LogP contribution is 2.34. The van der Waals surface area contributed by atoms with Crippen molar-refractivity contribution in [3.63, 3.8) is 0 Å². The van der Waals surface area contributed by atoms with Gasteiger partial charge in [-0.15, -0.1) is 10.2 Å². The van der Waals surface area contributed by atoms with Gasteiger partial charge in [-0.1, -0.05) is 42.1 Å². The van der Waals surface area contributed by atoms with E-state index in [-0.39, 0.29) is 18.4 Å². The Kier molecular flexibility index (Phi) is 7.31. The second-order valence-electron chi connectivity index (χ2n) is 7.50. The van der Waals surface area contributed by atoms with Gasteiger partial charge in [0.15, 0.2) is 0 Å². The van der Waals surface area contributed by atoms with E-state index < -0.39 is 12.0 Å². The second-order valence-corrected chi connectivity index (χ2v) is 8.43. The van der Waals surface area contributed by atoms with Gasteiger partial charge in [-0.05, 0) is 32.4 Å². The summed E-state index contributed by atoms with van der Waals surface area (Å²) in [5.41, 5.74) is 2.74. The van der Waals surface area contributed by atoms with Crippen LogP contribution >= 0.6 is 11.8 Å². The van der Waals surface area contributed by atoms with Crippen molar-refractivity contribution in [2.75, 3.05) is 18.9 Å². The lowest BCUT2D eigenvalue weighted by molar-refractivity contribution is -0.139. The molecule has 178 valence electrons. The summed E-state index contributed by atoms with van der Waals surface area (Å²) in [5, 5.41) is 15.7. The SMILES string of the molecule is CCOC(=O)C1=C(CSc2nnc(Cn3nccc3C)o2)N(CC)C(=O)NC1c1ccccc1. The number of carbonyl (C=O) groups is 2. The van der Waals surface area contributed by atoms with Gasteiger partial charge >= 0.3 is 12.0 Å². The zero-order valence-electron chi connectivity index (χ0n) is 19.2. The third-order valence-corrected chi connectivity index (χ3v) is 6.21. The van der Waals surface area contributed by atoms with Crippen LogP contribution in [0.3, 0.4) is 0 Å². The fourth-order valence-electron chi connectivity index (χ4n) is 3.72. The summed E-state index contributed by atoms with van der Waals surface area (Å²) in [6, 6.07) is 10.4. The van der Waals surface area contributed by atoms with Crippen molar-refractivity contribution in [2.24, 2.45) is 0 Å². The Bertz CT molecular complexity index is 1190. The van der Waals surface area contributed by atoms with E-state index in [1.54, 1.807) is 22.7 Å². The van der Waals surface area contributed by atoms with Crippen LogP contribution in [0.4, 0.5) is 4.79 Å². The number of thioether (sulfide) groups is 1. The van der Waals surface area contributed by atoms with Crippen molar-refractivity contribution in [3.05, 3.63) is 71.0 Å². The van der Waals surface area contributed by atoms with Gasteiger partial charge in [0, 0.05) is 29.9 Å². The molecular formula is C23H26N6O4S. The van der Waals surface area contributed by atoms with Gasteiger partial charge in [-0.3, -0.25) is 9.58 Å². The summed E-state index contributed by atoms with van der Waals surface area (Å²) in [7, 11) is 0. The Balaban J connectivity index is 1.63. The number of hydrogen-bond donors (Lipinski definition) is 1. The summed E-state index contributed by atoms with van der Waals surface area (Å²) in [6.07, 6.45) is 1.71. The first-order chi connectivity index (χ1) is 16.5. The number of urea groups is 1. The number of rotatable bonds is 9. The summed E-state index contributed by atoms with van der Waals surface area (Å²) in [6.45, 7) is 6.53. The maximum absolute atomic E-state index is 13.1. The molecule has 0 radical (unpaired) electrons. The molecule has 1 N–H and O–H groups in total. The maximum Gasteiger partial charge on any atom is 0.338 e. The predicted molar refractivity (Wildman–Crippen MR) is 125 cm³/mol. The summed E-state index contributed by atoms with van der Waals surface area (Å²) < 4.78 is 12.9. The standard InChI is InChI=1S/C23H26N6O4S/c1-4-28-17(14-34-23-27-26-18(33-23)13-29-15(3)11-12-24-29)19(21(30)32-5-2)20(25-22(28)31)16-9-7-6-8-10-16/h6-12,20H,4-5,13-14H2,1-3H3,(H,25,31). The molecule has 1 aromatic carbocycles. The molecule has 1 aliphatic rings. The zero-order chi connectivity index (χ0) is 24.1. The highest BCUT2D eigenvalue weighted by atomic mass is 32.2. The van der Waals surface area contributed by atoms with Crippen molar-refractivity contribution in [2.45, 2.75) is 38.6 Å². The highest BCUT2D eigenvalue weighted by Gasteiger charge is 2.37. The molecule has 1 atom stereocenters. The van der Waals surface area contributed by atoms with Crippen LogP contribution in [0.15, 0.2) is 63.5 Å². The van der Waals surface area contributed by atoms with Crippen molar-refractivity contribution < 1.29 is 18.7 Å². The van der Waals surface area contributed by atoms with Gasteiger partial charge in [0.25, 0.3) is 5.22 Å². The average molecular weight is 483 g/mol. The molecule has 0 saturated carbocycles. The van der Waals surface area contributed by atoms with Crippen LogP contribution in [-0.4, -0.2) is 55.8 Å². The molecule has 0 spiro atoms. The number of aromatic nitrogens is 4. The van der Waals surface area contributed by atoms with E-state index in [0.29, 0.717) is 35.5 Å². The summed E-state index contributed by atoms with van der Waals surface area (Å²) in [5.74, 6) is 0.233. The molecular weight excluding hydrogens is 456 g/mol. The number of benzene rings is 1. The normalized spacial score (nSPS) is 16.0. The molecule has 3 aromatic rings. The van der Waals surface area contributed by atoms with Crippen LogP contribution in [0.2, 0.25) is 0 Å². The number of esters is 1. The van der Waals surface area contributed by atoms with Gasteiger partial charge < -0.3 is 14.5 Å². The quantitative estimate of drug-likeness (QED) is 0.365. The molecule has 0 saturated heterocycles. The van der Waals surface area contributed by atoms with E-state index in [9.17, 15) is 9.59 Å². The molecule has 1 unspecified atom stereocenters. The average Bonchev–Trinajstić information content (AvgIpc) is 3.46. The van der Waals surface area contributed by atoms with Crippen LogP contribution in [0.1, 0.15) is 37.0 Å². The van der Waals surface area contributed by atoms with Gasteiger partial charge in [0.1, 0.15) is 6.54 Å². The van der Waals surface area contributed by atoms with Crippen molar-refractivity contribution in [3.8, 4) is 0 Å².